The molecule has 7 nitrogen and oxygen atoms in total. The summed E-state index contributed by atoms with van der Waals surface area (Å²) >= 11 is 5.99. The second-order valence-electron chi connectivity index (χ2n) is 4.54. The third-order valence-corrected chi connectivity index (χ3v) is 5.02. The third-order valence-electron chi connectivity index (χ3n) is 2.99. The van der Waals surface area contributed by atoms with Gasteiger partial charge in [0.25, 0.3) is 10.0 Å². The van der Waals surface area contributed by atoms with Crippen LogP contribution in [0.1, 0.15) is 5.69 Å². The molecule has 2 N–H and O–H groups in total. The summed E-state index contributed by atoms with van der Waals surface area (Å²) in [6.45, 7) is 1.58. The summed E-state index contributed by atoms with van der Waals surface area (Å²) in [5.41, 5.74) is 1.74. The number of para-hydroxylation sites is 2. The van der Waals surface area contributed by atoms with Gasteiger partial charge in [0.15, 0.2) is 0 Å². The fourth-order valence-electron chi connectivity index (χ4n) is 2.10. The highest BCUT2D eigenvalue weighted by Gasteiger charge is 2.26. The van der Waals surface area contributed by atoms with E-state index in [0.29, 0.717) is 11.2 Å². The lowest BCUT2D eigenvalue weighted by Gasteiger charge is -2.04. The molecule has 0 saturated heterocycles. The summed E-state index contributed by atoms with van der Waals surface area (Å²) in [4.78, 5) is 7.02. The third kappa shape index (κ3) is 2.36. The van der Waals surface area contributed by atoms with Crippen molar-refractivity contribution in [1.29, 1.82) is 0 Å². The Morgan fingerprint density at radius 3 is 2.67 bits per heavy atom. The monoisotopic (exact) mass is 325 g/mol. The van der Waals surface area contributed by atoms with Crippen LogP contribution in [0.5, 0.6) is 0 Å². The number of aromatic nitrogens is 4. The first kappa shape index (κ1) is 13.9. The molecule has 110 valence electrons. The van der Waals surface area contributed by atoms with Gasteiger partial charge in [-0.05, 0) is 19.1 Å². The maximum Gasteiger partial charge on any atom is 0.269 e. The number of anilines is 1. The van der Waals surface area contributed by atoms with Crippen LogP contribution < -0.4 is 4.72 Å². The largest absolute Gasteiger partial charge is 0.323 e. The number of fused-ring (bicyclic) bond motifs is 1. The molecule has 1 aromatic carbocycles. The van der Waals surface area contributed by atoms with E-state index in [4.69, 9.17) is 11.6 Å². The number of aromatic amines is 1. The molecule has 0 aliphatic carbocycles. The zero-order chi connectivity index (χ0) is 15.2. The summed E-state index contributed by atoms with van der Waals surface area (Å²) < 4.78 is 28.5. The van der Waals surface area contributed by atoms with E-state index in [9.17, 15) is 8.42 Å². The van der Waals surface area contributed by atoms with Crippen molar-refractivity contribution in [3.05, 3.63) is 35.1 Å². The standard InChI is InChI=1S/C12H12ClN5O2S/c1-7-10(11(13)18(2)16-7)21(19,20)17-12-14-8-5-3-4-6-9(8)15-12/h3-6H,1-2H3,(H2,14,15,17). The quantitative estimate of drug-likeness (QED) is 0.771. The van der Waals surface area contributed by atoms with Crippen LogP contribution in [-0.4, -0.2) is 28.2 Å². The van der Waals surface area contributed by atoms with Gasteiger partial charge >= 0.3 is 0 Å². The lowest BCUT2D eigenvalue weighted by atomic mass is 10.3. The Balaban J connectivity index is 2.03. The fraction of sp³-hybridized carbons (Fsp3) is 0.167. The van der Waals surface area contributed by atoms with Crippen LogP contribution in [0.2, 0.25) is 5.15 Å². The molecule has 0 saturated carbocycles. The number of hydrogen-bond acceptors (Lipinski definition) is 4. The summed E-state index contributed by atoms with van der Waals surface area (Å²) in [6, 6.07) is 7.25. The lowest BCUT2D eigenvalue weighted by Crippen LogP contribution is -2.15. The Bertz CT molecular complexity index is 895. The van der Waals surface area contributed by atoms with E-state index in [1.165, 1.54) is 4.68 Å². The van der Waals surface area contributed by atoms with Gasteiger partial charge in [0.1, 0.15) is 10.0 Å². The molecule has 2 heterocycles. The van der Waals surface area contributed by atoms with E-state index in [2.05, 4.69) is 19.8 Å². The van der Waals surface area contributed by atoms with Crippen molar-refractivity contribution in [2.75, 3.05) is 4.72 Å². The zero-order valence-corrected chi connectivity index (χ0v) is 12.8. The first-order chi connectivity index (χ1) is 9.88. The molecule has 2 aromatic heterocycles. The minimum atomic E-state index is -3.86. The Morgan fingerprint density at radius 2 is 2.05 bits per heavy atom. The number of imidazole rings is 1. The summed E-state index contributed by atoms with van der Waals surface area (Å²) in [6.07, 6.45) is 0. The molecule has 21 heavy (non-hydrogen) atoms. The van der Waals surface area contributed by atoms with Crippen molar-refractivity contribution in [1.82, 2.24) is 19.7 Å². The number of halogens is 1. The molecule has 0 aliphatic rings. The van der Waals surface area contributed by atoms with Gasteiger partial charge in [-0.2, -0.15) is 5.10 Å². The van der Waals surface area contributed by atoms with Crippen LogP contribution in [-0.2, 0) is 17.1 Å². The maximum absolute atomic E-state index is 12.4. The molecule has 0 aliphatic heterocycles. The Labute approximate surface area is 126 Å². The van der Waals surface area contributed by atoms with Gasteiger partial charge in [-0.15, -0.1) is 0 Å². The van der Waals surface area contributed by atoms with Gasteiger partial charge in [-0.3, -0.25) is 4.68 Å². The first-order valence-electron chi connectivity index (χ1n) is 6.05. The molecule has 0 radical (unpaired) electrons. The number of rotatable bonds is 3. The van der Waals surface area contributed by atoms with Crippen molar-refractivity contribution in [2.45, 2.75) is 11.8 Å². The smallest absolute Gasteiger partial charge is 0.269 e. The van der Waals surface area contributed by atoms with Crippen LogP contribution in [0, 0.1) is 6.92 Å². The molecule has 0 unspecified atom stereocenters. The van der Waals surface area contributed by atoms with Crippen molar-refractivity contribution < 1.29 is 8.42 Å². The van der Waals surface area contributed by atoms with Crippen molar-refractivity contribution in [2.24, 2.45) is 7.05 Å². The number of nitrogens with zero attached hydrogens (tertiary/aromatic N) is 3. The molecule has 0 spiro atoms. The molecule has 0 bridgehead atoms. The first-order valence-corrected chi connectivity index (χ1v) is 7.91. The highest BCUT2D eigenvalue weighted by Crippen LogP contribution is 2.26. The minimum absolute atomic E-state index is 0.0490. The van der Waals surface area contributed by atoms with Crippen LogP contribution >= 0.6 is 11.6 Å². The molecule has 0 amide bonds. The van der Waals surface area contributed by atoms with Gasteiger partial charge < -0.3 is 4.98 Å². The maximum atomic E-state index is 12.4. The van der Waals surface area contributed by atoms with Crippen LogP contribution in [0.25, 0.3) is 11.0 Å². The highest BCUT2D eigenvalue weighted by atomic mass is 35.5. The number of H-pyrrole nitrogens is 1. The number of aryl methyl sites for hydroxylation is 2. The molecular weight excluding hydrogens is 314 g/mol. The van der Waals surface area contributed by atoms with E-state index in [1.807, 2.05) is 18.2 Å². The van der Waals surface area contributed by atoms with Crippen molar-refractivity contribution in [3.63, 3.8) is 0 Å². The molecule has 0 atom stereocenters. The van der Waals surface area contributed by atoms with Crippen LogP contribution in [0.4, 0.5) is 5.95 Å². The molecular formula is C12H12ClN5O2S. The predicted octanol–water partition coefficient (Wildman–Crippen LogP) is 2.06. The van der Waals surface area contributed by atoms with Crippen LogP contribution in [0.15, 0.2) is 29.2 Å². The van der Waals surface area contributed by atoms with Gasteiger partial charge in [-0.1, -0.05) is 23.7 Å². The summed E-state index contributed by atoms with van der Waals surface area (Å²) in [5, 5.41) is 4.05. The Morgan fingerprint density at radius 1 is 1.33 bits per heavy atom. The Hall–Kier alpha value is -2.06. The highest BCUT2D eigenvalue weighted by molar-refractivity contribution is 7.92. The van der Waals surface area contributed by atoms with E-state index in [-0.39, 0.29) is 16.0 Å². The Kier molecular flexibility index (Phi) is 3.14. The second kappa shape index (κ2) is 4.74. The molecule has 0 fully saturated rings. The van der Waals surface area contributed by atoms with Crippen molar-refractivity contribution in [3.8, 4) is 0 Å². The van der Waals surface area contributed by atoms with Gasteiger partial charge in [-0.25, -0.2) is 18.1 Å². The molecule has 9 heteroatoms. The normalized spacial score (nSPS) is 12.0. The van der Waals surface area contributed by atoms with E-state index >= 15 is 0 Å². The second-order valence-corrected chi connectivity index (χ2v) is 6.51. The van der Waals surface area contributed by atoms with E-state index in [1.54, 1.807) is 20.0 Å². The lowest BCUT2D eigenvalue weighted by molar-refractivity contribution is 0.600. The van der Waals surface area contributed by atoms with E-state index in [0.717, 1.165) is 5.52 Å². The average Bonchev–Trinajstić information content (AvgIpc) is 2.89. The van der Waals surface area contributed by atoms with Crippen molar-refractivity contribution >= 4 is 38.6 Å². The SMILES string of the molecule is Cc1nn(C)c(Cl)c1S(=O)(=O)Nc1nc2ccccc2[nH]1. The summed E-state index contributed by atoms with van der Waals surface area (Å²) in [5.74, 6) is 0.135. The number of sulfonamides is 1. The topological polar surface area (TPSA) is 92.7 Å². The fourth-order valence-corrected chi connectivity index (χ4v) is 3.81. The average molecular weight is 326 g/mol. The van der Waals surface area contributed by atoms with Gasteiger partial charge in [0.05, 0.1) is 16.7 Å². The van der Waals surface area contributed by atoms with Gasteiger partial charge in [0, 0.05) is 7.05 Å². The molecule has 3 aromatic rings. The number of nitrogens with one attached hydrogen (secondary N) is 2. The zero-order valence-electron chi connectivity index (χ0n) is 11.3. The number of benzene rings is 1. The predicted molar refractivity (Wildman–Crippen MR) is 79.9 cm³/mol. The van der Waals surface area contributed by atoms with E-state index < -0.39 is 10.0 Å². The van der Waals surface area contributed by atoms with Crippen LogP contribution in [0.3, 0.4) is 0 Å². The molecule has 3 rings (SSSR count). The number of hydrogen-bond donors (Lipinski definition) is 2. The minimum Gasteiger partial charge on any atom is -0.323 e. The summed E-state index contributed by atoms with van der Waals surface area (Å²) in [7, 11) is -2.28. The van der Waals surface area contributed by atoms with Gasteiger partial charge in [0.2, 0.25) is 5.95 Å².